The van der Waals surface area contributed by atoms with Crippen LogP contribution in [0.5, 0.6) is 0 Å². The fraction of sp³-hybridized carbons (Fsp3) is 0.448. The van der Waals surface area contributed by atoms with Crippen molar-refractivity contribution < 1.29 is 4.79 Å². The van der Waals surface area contributed by atoms with Gasteiger partial charge in [0, 0.05) is 22.2 Å². The van der Waals surface area contributed by atoms with Crippen LogP contribution in [0.15, 0.2) is 54.6 Å². The molecular weight excluding hydrogens is 442 g/mol. The first kappa shape index (κ1) is 23.2. The van der Waals surface area contributed by atoms with Crippen molar-refractivity contribution in [2.24, 2.45) is 5.92 Å². The number of hydrogen-bond donors (Lipinski definition) is 1. The maximum absolute atomic E-state index is 13.5. The van der Waals surface area contributed by atoms with Crippen LogP contribution in [0.4, 0.5) is 0 Å². The highest BCUT2D eigenvalue weighted by molar-refractivity contribution is 6.30. The number of rotatable bonds is 6. The Labute approximate surface area is 207 Å². The number of fused-ring (bicyclic) bond motifs is 1. The quantitative estimate of drug-likeness (QED) is 0.428. The minimum absolute atomic E-state index is 0.144. The van der Waals surface area contributed by atoms with Crippen molar-refractivity contribution in [1.82, 2.24) is 15.1 Å². The maximum atomic E-state index is 13.5. The number of nitrogens with zero attached hydrogens (tertiary/aromatic N) is 2. The summed E-state index contributed by atoms with van der Waals surface area (Å²) in [6.07, 6.45) is 9.16. The fourth-order valence-corrected chi connectivity index (χ4v) is 5.92. The average molecular weight is 476 g/mol. The lowest BCUT2D eigenvalue weighted by Crippen LogP contribution is -2.42. The second-order valence-electron chi connectivity index (χ2n) is 10.0. The van der Waals surface area contributed by atoms with Gasteiger partial charge in [0.15, 0.2) is 0 Å². The van der Waals surface area contributed by atoms with Crippen LogP contribution < -0.4 is 5.32 Å². The molecule has 1 fully saturated rings. The maximum Gasteiger partial charge on any atom is 0.229 e. The summed E-state index contributed by atoms with van der Waals surface area (Å²) in [7, 11) is 0. The Hall–Kier alpha value is -2.59. The average Bonchev–Trinajstić information content (AvgIpc) is 3.23. The van der Waals surface area contributed by atoms with E-state index in [9.17, 15) is 4.79 Å². The molecule has 1 heterocycles. The molecule has 4 nitrogen and oxygen atoms in total. The molecule has 1 saturated carbocycles. The lowest BCUT2D eigenvalue weighted by molar-refractivity contribution is -0.124. The van der Waals surface area contributed by atoms with Gasteiger partial charge in [0.25, 0.3) is 0 Å². The Balaban J connectivity index is 1.47. The van der Waals surface area contributed by atoms with E-state index >= 15 is 0 Å². The van der Waals surface area contributed by atoms with Crippen molar-refractivity contribution in [1.29, 1.82) is 0 Å². The highest BCUT2D eigenvalue weighted by Crippen LogP contribution is 2.38. The summed E-state index contributed by atoms with van der Waals surface area (Å²) in [4.78, 5) is 13.5. The van der Waals surface area contributed by atoms with E-state index in [0.717, 1.165) is 41.2 Å². The second-order valence-corrected chi connectivity index (χ2v) is 10.4. The first-order valence-electron chi connectivity index (χ1n) is 12.8. The predicted octanol–water partition coefficient (Wildman–Crippen LogP) is 6.76. The van der Waals surface area contributed by atoms with Crippen molar-refractivity contribution in [3.8, 4) is 11.3 Å². The molecule has 0 aliphatic heterocycles. The summed E-state index contributed by atoms with van der Waals surface area (Å²) in [5.41, 5.74) is 5.60. The number of nitrogens with one attached hydrogen (secondary N) is 1. The van der Waals surface area contributed by atoms with E-state index in [-0.39, 0.29) is 17.9 Å². The molecule has 2 atom stereocenters. The molecule has 2 unspecified atom stereocenters. The van der Waals surface area contributed by atoms with Gasteiger partial charge in [0.05, 0.1) is 23.9 Å². The number of amides is 1. The third kappa shape index (κ3) is 4.93. The smallest absolute Gasteiger partial charge is 0.229 e. The molecule has 34 heavy (non-hydrogen) atoms. The zero-order chi connectivity index (χ0) is 23.5. The molecule has 2 aliphatic carbocycles. The summed E-state index contributed by atoms with van der Waals surface area (Å²) in [5.74, 6) is 0.560. The van der Waals surface area contributed by atoms with E-state index in [1.165, 1.54) is 43.2 Å². The molecule has 2 aromatic carbocycles. The summed E-state index contributed by atoms with van der Waals surface area (Å²) in [5, 5.41) is 9.19. The summed E-state index contributed by atoms with van der Waals surface area (Å²) in [6.45, 7) is 2.86. The van der Waals surface area contributed by atoms with Crippen molar-refractivity contribution >= 4 is 17.5 Å². The van der Waals surface area contributed by atoms with Gasteiger partial charge in [-0.05, 0) is 62.6 Å². The van der Waals surface area contributed by atoms with Crippen molar-refractivity contribution in [3.05, 3.63) is 76.4 Å². The Kier molecular flexibility index (Phi) is 7.05. The van der Waals surface area contributed by atoms with E-state index in [2.05, 4.69) is 53.3 Å². The van der Waals surface area contributed by atoms with Crippen LogP contribution in [-0.2, 0) is 17.8 Å². The third-order valence-corrected chi connectivity index (χ3v) is 7.92. The lowest BCUT2D eigenvalue weighted by atomic mass is 9.83. The van der Waals surface area contributed by atoms with Crippen LogP contribution in [0, 0.1) is 5.92 Å². The number of halogens is 1. The van der Waals surface area contributed by atoms with Crippen LogP contribution in [0.1, 0.15) is 74.6 Å². The van der Waals surface area contributed by atoms with Crippen LogP contribution >= 0.6 is 11.6 Å². The zero-order valence-corrected chi connectivity index (χ0v) is 20.7. The Bertz CT molecular complexity index is 1120. The SMILES string of the molecule is CC(NC(=O)C1CCCc2c1nn(Cc1ccccc1)c2-c1ccc(Cl)cc1)C1CCCCC1. The van der Waals surface area contributed by atoms with Gasteiger partial charge in [-0.15, -0.1) is 0 Å². The topological polar surface area (TPSA) is 46.9 Å². The minimum atomic E-state index is -0.183. The van der Waals surface area contributed by atoms with E-state index in [4.69, 9.17) is 16.7 Å². The molecule has 5 rings (SSSR count). The predicted molar refractivity (Wildman–Crippen MR) is 138 cm³/mol. The fourth-order valence-electron chi connectivity index (χ4n) is 5.80. The number of aromatic nitrogens is 2. The van der Waals surface area contributed by atoms with Gasteiger partial charge in [-0.25, -0.2) is 0 Å². The first-order chi connectivity index (χ1) is 16.6. The number of hydrogen-bond acceptors (Lipinski definition) is 2. The standard InChI is InChI=1S/C29H34ClN3O/c1-20(22-11-6-3-7-12-22)31-29(34)26-14-8-13-25-27(26)32-33(19-21-9-4-2-5-10-21)28(25)23-15-17-24(30)18-16-23/h2,4-5,9-10,15-18,20,22,26H,3,6-8,11-14,19H2,1H3,(H,31,34). The normalized spacial score (nSPS) is 19.4. The Morgan fingerprint density at radius 2 is 1.76 bits per heavy atom. The van der Waals surface area contributed by atoms with Crippen molar-refractivity contribution in [2.45, 2.75) is 76.8 Å². The molecule has 178 valence electrons. The van der Waals surface area contributed by atoms with Crippen LogP contribution in [0.2, 0.25) is 5.02 Å². The third-order valence-electron chi connectivity index (χ3n) is 7.67. The molecule has 0 spiro atoms. The van der Waals surface area contributed by atoms with Gasteiger partial charge in [-0.2, -0.15) is 5.10 Å². The zero-order valence-electron chi connectivity index (χ0n) is 20.0. The summed E-state index contributed by atoms with van der Waals surface area (Å²) < 4.78 is 2.10. The van der Waals surface area contributed by atoms with Gasteiger partial charge < -0.3 is 5.32 Å². The van der Waals surface area contributed by atoms with E-state index in [1.54, 1.807) is 0 Å². The largest absolute Gasteiger partial charge is 0.353 e. The van der Waals surface area contributed by atoms with Gasteiger partial charge in [-0.1, -0.05) is 73.3 Å². The molecule has 0 saturated heterocycles. The van der Waals surface area contributed by atoms with E-state index in [0.29, 0.717) is 12.5 Å². The van der Waals surface area contributed by atoms with Crippen LogP contribution in [0.25, 0.3) is 11.3 Å². The molecule has 0 radical (unpaired) electrons. The van der Waals surface area contributed by atoms with Gasteiger partial charge >= 0.3 is 0 Å². The number of benzene rings is 2. The lowest BCUT2D eigenvalue weighted by Gasteiger charge is -2.30. The molecule has 1 aromatic heterocycles. The van der Waals surface area contributed by atoms with E-state index in [1.807, 2.05) is 18.2 Å². The Morgan fingerprint density at radius 1 is 1.03 bits per heavy atom. The highest BCUT2D eigenvalue weighted by Gasteiger charge is 2.34. The van der Waals surface area contributed by atoms with Gasteiger partial charge in [0.2, 0.25) is 5.91 Å². The summed E-state index contributed by atoms with van der Waals surface area (Å²) >= 11 is 6.19. The minimum Gasteiger partial charge on any atom is -0.353 e. The molecule has 1 N–H and O–H groups in total. The van der Waals surface area contributed by atoms with Crippen molar-refractivity contribution in [2.75, 3.05) is 0 Å². The number of carbonyl (C=O) groups excluding carboxylic acids is 1. The molecule has 5 heteroatoms. The van der Waals surface area contributed by atoms with Gasteiger partial charge in [0.1, 0.15) is 0 Å². The van der Waals surface area contributed by atoms with Crippen LogP contribution in [-0.4, -0.2) is 21.7 Å². The molecule has 0 bridgehead atoms. The van der Waals surface area contributed by atoms with Gasteiger partial charge in [-0.3, -0.25) is 9.48 Å². The molecule has 3 aromatic rings. The highest BCUT2D eigenvalue weighted by atomic mass is 35.5. The molecule has 2 aliphatic rings. The molecule has 1 amide bonds. The number of carbonyl (C=O) groups is 1. The first-order valence-corrected chi connectivity index (χ1v) is 13.2. The van der Waals surface area contributed by atoms with E-state index < -0.39 is 0 Å². The summed E-state index contributed by atoms with van der Waals surface area (Å²) in [6, 6.07) is 18.6. The Morgan fingerprint density at radius 3 is 2.50 bits per heavy atom. The van der Waals surface area contributed by atoms with Crippen LogP contribution in [0.3, 0.4) is 0 Å². The molecular formula is C29H34ClN3O. The second kappa shape index (κ2) is 10.4. The monoisotopic (exact) mass is 475 g/mol. The van der Waals surface area contributed by atoms with Crippen molar-refractivity contribution in [3.63, 3.8) is 0 Å².